The van der Waals surface area contributed by atoms with Gasteiger partial charge in [0.2, 0.25) is 5.91 Å². The summed E-state index contributed by atoms with van der Waals surface area (Å²) in [4.78, 5) is 24.9. The minimum Gasteiger partial charge on any atom is -0.480 e. The van der Waals surface area contributed by atoms with Crippen LogP contribution in [0.25, 0.3) is 0 Å². The van der Waals surface area contributed by atoms with Crippen LogP contribution in [0.2, 0.25) is 0 Å². The van der Waals surface area contributed by atoms with Gasteiger partial charge in [-0.2, -0.15) is 0 Å². The lowest BCUT2D eigenvalue weighted by Crippen LogP contribution is -2.45. The number of rotatable bonds is 3. The highest BCUT2D eigenvalue weighted by Crippen LogP contribution is 2.25. The van der Waals surface area contributed by atoms with Crippen molar-refractivity contribution >= 4 is 11.9 Å². The zero-order valence-corrected chi connectivity index (χ0v) is 10.5. The number of nitrogens with zero attached hydrogens (tertiary/aromatic N) is 1. The molecular weight excluding hydrogens is 238 g/mol. The van der Waals surface area contributed by atoms with E-state index in [9.17, 15) is 9.59 Å². The summed E-state index contributed by atoms with van der Waals surface area (Å²) < 4.78 is 10.5. The average Bonchev–Trinajstić information content (AvgIpc) is 2.83. The Labute approximate surface area is 106 Å². The number of ether oxygens (including phenoxy) is 2. The molecule has 6 heteroatoms. The molecule has 0 aromatic rings. The molecule has 3 atom stereocenters. The Morgan fingerprint density at radius 2 is 2.22 bits per heavy atom. The summed E-state index contributed by atoms with van der Waals surface area (Å²) in [6, 6.07) is -0.760. The second kappa shape index (κ2) is 5.67. The van der Waals surface area contributed by atoms with Crippen LogP contribution in [-0.4, -0.2) is 60.9 Å². The van der Waals surface area contributed by atoms with Crippen LogP contribution in [-0.2, 0) is 19.1 Å². The van der Waals surface area contributed by atoms with Gasteiger partial charge in [0.1, 0.15) is 6.04 Å². The number of carbonyl (C=O) groups excluding carboxylic acids is 1. The second-order valence-electron chi connectivity index (χ2n) is 4.85. The summed E-state index contributed by atoms with van der Waals surface area (Å²) in [6.45, 7) is 1.45. The lowest BCUT2D eigenvalue weighted by Gasteiger charge is -2.28. The lowest BCUT2D eigenvalue weighted by molar-refractivity contribution is -0.151. The van der Waals surface area contributed by atoms with E-state index in [1.807, 2.05) is 0 Å². The van der Waals surface area contributed by atoms with Gasteiger partial charge in [0, 0.05) is 26.7 Å². The van der Waals surface area contributed by atoms with E-state index < -0.39 is 12.0 Å². The van der Waals surface area contributed by atoms with E-state index in [2.05, 4.69) is 0 Å². The molecule has 2 saturated heterocycles. The van der Waals surface area contributed by atoms with Gasteiger partial charge in [0.05, 0.1) is 18.6 Å². The zero-order chi connectivity index (χ0) is 13.1. The highest BCUT2D eigenvalue weighted by atomic mass is 16.5. The summed E-state index contributed by atoms with van der Waals surface area (Å²) in [6.07, 6.45) is 1.82. The topological polar surface area (TPSA) is 76.1 Å². The monoisotopic (exact) mass is 257 g/mol. The van der Waals surface area contributed by atoms with Crippen molar-refractivity contribution in [2.45, 2.75) is 31.4 Å². The number of hydrogen-bond acceptors (Lipinski definition) is 4. The summed E-state index contributed by atoms with van der Waals surface area (Å²) in [5.41, 5.74) is 0. The van der Waals surface area contributed by atoms with Crippen molar-refractivity contribution in [2.24, 2.45) is 5.92 Å². The standard InChI is InChI=1S/C12H19NO5/c1-17-9-5-10(12(15)16)13(6-9)11(14)8-3-2-4-18-7-8/h8-10H,2-7H2,1H3,(H,15,16). The van der Waals surface area contributed by atoms with Crippen molar-refractivity contribution in [3.8, 4) is 0 Å². The van der Waals surface area contributed by atoms with E-state index in [0.717, 1.165) is 12.8 Å². The number of likely N-dealkylation sites (tertiary alicyclic amines) is 1. The molecule has 2 fully saturated rings. The second-order valence-corrected chi connectivity index (χ2v) is 4.85. The summed E-state index contributed by atoms with van der Waals surface area (Å²) in [5.74, 6) is -1.27. The fourth-order valence-electron chi connectivity index (χ4n) is 2.62. The maximum Gasteiger partial charge on any atom is 0.326 e. The van der Waals surface area contributed by atoms with Crippen molar-refractivity contribution in [3.63, 3.8) is 0 Å². The van der Waals surface area contributed by atoms with Crippen LogP contribution in [0, 0.1) is 5.92 Å². The van der Waals surface area contributed by atoms with Crippen LogP contribution >= 0.6 is 0 Å². The zero-order valence-electron chi connectivity index (χ0n) is 10.5. The van der Waals surface area contributed by atoms with E-state index in [-0.39, 0.29) is 17.9 Å². The van der Waals surface area contributed by atoms with Crippen molar-refractivity contribution < 1.29 is 24.2 Å². The minimum absolute atomic E-state index is 0.110. The predicted octanol–water partition coefficient (Wildman–Crippen LogP) is 0.114. The van der Waals surface area contributed by atoms with Crippen LogP contribution in [0.5, 0.6) is 0 Å². The largest absolute Gasteiger partial charge is 0.480 e. The quantitative estimate of drug-likeness (QED) is 0.776. The lowest BCUT2D eigenvalue weighted by atomic mass is 10.0. The molecule has 0 radical (unpaired) electrons. The van der Waals surface area contributed by atoms with E-state index >= 15 is 0 Å². The molecule has 0 aromatic carbocycles. The molecule has 102 valence electrons. The molecule has 6 nitrogen and oxygen atoms in total. The molecule has 18 heavy (non-hydrogen) atoms. The number of amides is 1. The highest BCUT2D eigenvalue weighted by Gasteiger charge is 2.42. The van der Waals surface area contributed by atoms with Gasteiger partial charge >= 0.3 is 5.97 Å². The molecule has 1 amide bonds. The number of hydrogen-bond donors (Lipinski definition) is 1. The van der Waals surface area contributed by atoms with Gasteiger partial charge in [-0.3, -0.25) is 4.79 Å². The van der Waals surface area contributed by atoms with Crippen molar-refractivity contribution in [1.29, 1.82) is 0 Å². The van der Waals surface area contributed by atoms with E-state index in [1.165, 1.54) is 4.90 Å². The molecule has 1 N–H and O–H groups in total. The van der Waals surface area contributed by atoms with Crippen LogP contribution in [0.4, 0.5) is 0 Å². The molecule has 0 aromatic heterocycles. The summed E-state index contributed by atoms with van der Waals surface area (Å²) in [5, 5.41) is 9.16. The molecule has 2 heterocycles. The molecule has 2 aliphatic rings. The Kier molecular flexibility index (Phi) is 4.19. The SMILES string of the molecule is COC1CC(C(=O)O)N(C(=O)C2CCCOC2)C1. The summed E-state index contributed by atoms with van der Waals surface area (Å²) >= 11 is 0. The summed E-state index contributed by atoms with van der Waals surface area (Å²) in [7, 11) is 1.54. The van der Waals surface area contributed by atoms with Gasteiger partial charge in [0.25, 0.3) is 0 Å². The van der Waals surface area contributed by atoms with E-state index in [4.69, 9.17) is 14.6 Å². The molecule has 3 unspecified atom stereocenters. The Morgan fingerprint density at radius 3 is 2.78 bits per heavy atom. The van der Waals surface area contributed by atoms with Gasteiger partial charge in [0.15, 0.2) is 0 Å². The first kappa shape index (κ1) is 13.3. The van der Waals surface area contributed by atoms with Gasteiger partial charge in [-0.15, -0.1) is 0 Å². The maximum absolute atomic E-state index is 12.3. The Morgan fingerprint density at radius 1 is 1.44 bits per heavy atom. The molecule has 0 spiro atoms. The minimum atomic E-state index is -0.959. The number of carboxylic acids is 1. The fourth-order valence-corrected chi connectivity index (χ4v) is 2.62. The highest BCUT2D eigenvalue weighted by molar-refractivity contribution is 5.86. The third kappa shape index (κ3) is 2.64. The van der Waals surface area contributed by atoms with Crippen LogP contribution < -0.4 is 0 Å². The van der Waals surface area contributed by atoms with Gasteiger partial charge in [-0.05, 0) is 12.8 Å². The van der Waals surface area contributed by atoms with Gasteiger partial charge in [-0.25, -0.2) is 4.79 Å². The third-order valence-electron chi connectivity index (χ3n) is 3.67. The molecular formula is C12H19NO5. The molecule has 0 saturated carbocycles. The molecule has 0 aliphatic carbocycles. The predicted molar refractivity (Wildman–Crippen MR) is 62.1 cm³/mol. The van der Waals surface area contributed by atoms with Crippen molar-refractivity contribution in [2.75, 3.05) is 26.9 Å². The van der Waals surface area contributed by atoms with E-state index in [0.29, 0.717) is 26.2 Å². The van der Waals surface area contributed by atoms with Crippen LogP contribution in [0.1, 0.15) is 19.3 Å². The van der Waals surface area contributed by atoms with E-state index in [1.54, 1.807) is 7.11 Å². The Balaban J connectivity index is 2.04. The number of methoxy groups -OCH3 is 1. The molecule has 2 rings (SSSR count). The number of aliphatic carboxylic acids is 1. The Hall–Kier alpha value is -1.14. The van der Waals surface area contributed by atoms with Gasteiger partial charge in [-0.1, -0.05) is 0 Å². The van der Waals surface area contributed by atoms with Gasteiger partial charge < -0.3 is 19.5 Å². The average molecular weight is 257 g/mol. The normalized spacial score (nSPS) is 32.5. The first-order valence-corrected chi connectivity index (χ1v) is 6.27. The smallest absolute Gasteiger partial charge is 0.326 e. The maximum atomic E-state index is 12.3. The number of carbonyl (C=O) groups is 2. The first-order chi connectivity index (χ1) is 8.63. The fraction of sp³-hybridized carbons (Fsp3) is 0.833. The van der Waals surface area contributed by atoms with Crippen molar-refractivity contribution in [3.05, 3.63) is 0 Å². The number of carboxylic acid groups (broad SMARTS) is 1. The Bertz CT molecular complexity index is 326. The molecule has 2 aliphatic heterocycles. The van der Waals surface area contributed by atoms with Crippen LogP contribution in [0.15, 0.2) is 0 Å². The van der Waals surface area contributed by atoms with Crippen molar-refractivity contribution in [1.82, 2.24) is 4.90 Å². The third-order valence-corrected chi connectivity index (χ3v) is 3.67. The molecule has 0 bridgehead atoms. The first-order valence-electron chi connectivity index (χ1n) is 6.27. The van der Waals surface area contributed by atoms with Crippen LogP contribution in [0.3, 0.4) is 0 Å².